The van der Waals surface area contributed by atoms with Gasteiger partial charge in [0.2, 0.25) is 0 Å². The Labute approximate surface area is 128 Å². The van der Waals surface area contributed by atoms with Crippen molar-refractivity contribution in [2.24, 2.45) is 0 Å². The molecule has 3 N–H and O–H groups in total. The fourth-order valence-electron chi connectivity index (χ4n) is 1.56. The molecule has 0 aliphatic rings. The van der Waals surface area contributed by atoms with Crippen molar-refractivity contribution in [1.82, 2.24) is 0 Å². The number of anilines is 2. The van der Waals surface area contributed by atoms with Gasteiger partial charge >= 0.3 is 0 Å². The molecule has 0 radical (unpaired) electrons. The van der Waals surface area contributed by atoms with Crippen LogP contribution >= 0.6 is 39.1 Å². The summed E-state index contributed by atoms with van der Waals surface area (Å²) in [5, 5.41) is 3.40. The normalized spacial score (nSPS) is 10.3. The molecular weight excluding hydrogens is 351 g/mol. The first-order chi connectivity index (χ1) is 8.99. The molecule has 0 spiro atoms. The SMILES string of the molecule is Nc1cccc(Cl)c1C(=O)Nc1ccc(Br)cc1Cl. The van der Waals surface area contributed by atoms with Crippen LogP contribution in [0.1, 0.15) is 10.4 Å². The van der Waals surface area contributed by atoms with E-state index in [2.05, 4.69) is 21.2 Å². The summed E-state index contributed by atoms with van der Waals surface area (Å²) in [6, 6.07) is 10.1. The maximum absolute atomic E-state index is 12.1. The van der Waals surface area contributed by atoms with Crippen LogP contribution in [-0.4, -0.2) is 5.91 Å². The third-order valence-corrected chi connectivity index (χ3v) is 3.57. The molecule has 0 heterocycles. The van der Waals surface area contributed by atoms with Gasteiger partial charge in [0.05, 0.1) is 21.3 Å². The Kier molecular flexibility index (Phi) is 4.34. The van der Waals surface area contributed by atoms with E-state index in [1.165, 1.54) is 0 Å². The molecular formula is C13H9BrCl2N2O. The lowest BCUT2D eigenvalue weighted by Gasteiger charge is -2.10. The molecule has 19 heavy (non-hydrogen) atoms. The zero-order chi connectivity index (χ0) is 14.0. The molecule has 0 bridgehead atoms. The molecule has 0 saturated carbocycles. The van der Waals surface area contributed by atoms with Crippen molar-refractivity contribution in [1.29, 1.82) is 0 Å². The van der Waals surface area contributed by atoms with Crippen molar-refractivity contribution in [3.05, 3.63) is 56.5 Å². The van der Waals surface area contributed by atoms with Crippen molar-refractivity contribution in [3.63, 3.8) is 0 Å². The monoisotopic (exact) mass is 358 g/mol. The molecule has 2 aromatic rings. The number of nitrogen functional groups attached to an aromatic ring is 1. The number of hydrogen-bond donors (Lipinski definition) is 2. The summed E-state index contributed by atoms with van der Waals surface area (Å²) in [7, 11) is 0. The fourth-order valence-corrected chi connectivity index (χ4v) is 2.54. The largest absolute Gasteiger partial charge is 0.398 e. The lowest BCUT2D eigenvalue weighted by atomic mass is 10.1. The molecule has 2 rings (SSSR count). The maximum atomic E-state index is 12.1. The number of benzene rings is 2. The van der Waals surface area contributed by atoms with Gasteiger partial charge in [-0.25, -0.2) is 0 Å². The molecule has 0 aliphatic heterocycles. The molecule has 3 nitrogen and oxygen atoms in total. The number of rotatable bonds is 2. The predicted molar refractivity (Wildman–Crippen MR) is 83.0 cm³/mol. The molecule has 0 atom stereocenters. The summed E-state index contributed by atoms with van der Waals surface area (Å²) < 4.78 is 0.827. The maximum Gasteiger partial charge on any atom is 0.259 e. The van der Waals surface area contributed by atoms with Gasteiger partial charge in [-0.1, -0.05) is 45.2 Å². The van der Waals surface area contributed by atoms with Crippen molar-refractivity contribution in [2.75, 3.05) is 11.1 Å². The van der Waals surface area contributed by atoms with Crippen LogP contribution in [0.15, 0.2) is 40.9 Å². The predicted octanol–water partition coefficient (Wildman–Crippen LogP) is 4.59. The van der Waals surface area contributed by atoms with E-state index in [4.69, 9.17) is 28.9 Å². The van der Waals surface area contributed by atoms with Crippen molar-refractivity contribution < 1.29 is 4.79 Å². The zero-order valence-corrected chi connectivity index (χ0v) is 12.7. The topological polar surface area (TPSA) is 55.1 Å². The van der Waals surface area contributed by atoms with Crippen LogP contribution in [0, 0.1) is 0 Å². The van der Waals surface area contributed by atoms with Crippen molar-refractivity contribution in [3.8, 4) is 0 Å². The lowest BCUT2D eigenvalue weighted by Crippen LogP contribution is -2.14. The van der Waals surface area contributed by atoms with Crippen molar-refractivity contribution >= 4 is 56.4 Å². The highest BCUT2D eigenvalue weighted by Gasteiger charge is 2.15. The summed E-state index contributed by atoms with van der Waals surface area (Å²) in [5.74, 6) is -0.396. The van der Waals surface area contributed by atoms with Gasteiger partial charge in [-0.05, 0) is 30.3 Å². The van der Waals surface area contributed by atoms with Crippen LogP contribution in [0.2, 0.25) is 10.0 Å². The Balaban J connectivity index is 2.31. The first-order valence-corrected chi connectivity index (χ1v) is 6.84. The van der Waals surface area contributed by atoms with Gasteiger partial charge in [0, 0.05) is 10.2 Å². The molecule has 0 aromatic heterocycles. The van der Waals surface area contributed by atoms with Gasteiger partial charge in [-0.2, -0.15) is 0 Å². The Morgan fingerprint density at radius 1 is 1.16 bits per heavy atom. The first kappa shape index (κ1) is 14.2. The van der Waals surface area contributed by atoms with E-state index in [-0.39, 0.29) is 5.56 Å². The highest BCUT2D eigenvalue weighted by atomic mass is 79.9. The Morgan fingerprint density at radius 3 is 2.53 bits per heavy atom. The number of amides is 1. The van der Waals surface area contributed by atoms with Gasteiger partial charge in [0.15, 0.2) is 0 Å². The molecule has 0 aliphatic carbocycles. The van der Waals surface area contributed by atoms with E-state index in [0.717, 1.165) is 4.47 Å². The van der Waals surface area contributed by atoms with Gasteiger partial charge < -0.3 is 11.1 Å². The highest BCUT2D eigenvalue weighted by molar-refractivity contribution is 9.10. The number of hydrogen-bond acceptors (Lipinski definition) is 2. The van der Waals surface area contributed by atoms with E-state index in [1.54, 1.807) is 36.4 Å². The summed E-state index contributed by atoms with van der Waals surface area (Å²) in [5.41, 5.74) is 6.80. The molecule has 2 aromatic carbocycles. The van der Waals surface area contributed by atoms with Crippen LogP contribution in [0.5, 0.6) is 0 Å². The highest BCUT2D eigenvalue weighted by Crippen LogP contribution is 2.28. The molecule has 0 saturated heterocycles. The van der Waals surface area contributed by atoms with Crippen molar-refractivity contribution in [2.45, 2.75) is 0 Å². The average Bonchev–Trinajstić information content (AvgIpc) is 2.32. The minimum absolute atomic E-state index is 0.239. The first-order valence-electron chi connectivity index (χ1n) is 5.29. The molecule has 98 valence electrons. The van der Waals surface area contributed by atoms with Gasteiger partial charge in [-0.3, -0.25) is 4.79 Å². The van der Waals surface area contributed by atoms with Crippen LogP contribution < -0.4 is 11.1 Å². The molecule has 0 unspecified atom stereocenters. The standard InChI is InChI=1S/C13H9BrCl2N2O/c14-7-4-5-11(9(16)6-7)18-13(19)12-8(15)2-1-3-10(12)17/h1-6H,17H2,(H,18,19). The minimum atomic E-state index is -0.396. The number of carbonyl (C=O) groups excluding carboxylic acids is 1. The Bertz CT molecular complexity index is 626. The van der Waals surface area contributed by atoms with E-state index in [1.807, 2.05) is 0 Å². The number of nitrogens with two attached hydrogens (primary N) is 1. The fraction of sp³-hybridized carbons (Fsp3) is 0. The summed E-state index contributed by atoms with van der Waals surface area (Å²) >= 11 is 15.3. The van der Waals surface area contributed by atoms with E-state index >= 15 is 0 Å². The van der Waals surface area contributed by atoms with E-state index in [9.17, 15) is 4.79 Å². The van der Waals surface area contributed by atoms with Gasteiger partial charge in [-0.15, -0.1) is 0 Å². The summed E-state index contributed by atoms with van der Waals surface area (Å²) in [6.45, 7) is 0. The van der Waals surface area contributed by atoms with Crippen LogP contribution in [-0.2, 0) is 0 Å². The third-order valence-electron chi connectivity index (χ3n) is 2.45. The second kappa shape index (κ2) is 5.82. The number of nitrogens with one attached hydrogen (secondary N) is 1. The van der Waals surface area contributed by atoms with Crippen LogP contribution in [0.25, 0.3) is 0 Å². The van der Waals surface area contributed by atoms with Gasteiger partial charge in [0.1, 0.15) is 0 Å². The minimum Gasteiger partial charge on any atom is -0.398 e. The molecule has 1 amide bonds. The summed E-state index contributed by atoms with van der Waals surface area (Å²) in [4.78, 5) is 12.1. The average molecular weight is 360 g/mol. The second-order valence-corrected chi connectivity index (χ2v) is 5.51. The smallest absolute Gasteiger partial charge is 0.259 e. The summed E-state index contributed by atoms with van der Waals surface area (Å²) in [6.07, 6.45) is 0. The second-order valence-electron chi connectivity index (χ2n) is 3.78. The zero-order valence-electron chi connectivity index (χ0n) is 9.58. The lowest BCUT2D eigenvalue weighted by molar-refractivity contribution is 0.102. The van der Waals surface area contributed by atoms with Crippen LogP contribution in [0.3, 0.4) is 0 Å². The van der Waals surface area contributed by atoms with Crippen LogP contribution in [0.4, 0.5) is 11.4 Å². The van der Waals surface area contributed by atoms with E-state index < -0.39 is 5.91 Å². The number of carbonyl (C=O) groups is 1. The molecule has 0 fully saturated rings. The Hall–Kier alpha value is -1.23. The Morgan fingerprint density at radius 2 is 1.89 bits per heavy atom. The number of halogens is 3. The quantitative estimate of drug-likeness (QED) is 0.770. The van der Waals surface area contributed by atoms with E-state index in [0.29, 0.717) is 21.4 Å². The molecule has 6 heteroatoms. The third kappa shape index (κ3) is 3.21. The van der Waals surface area contributed by atoms with Gasteiger partial charge in [0.25, 0.3) is 5.91 Å².